The Balaban J connectivity index is 1.90. The zero-order valence-electron chi connectivity index (χ0n) is 8.25. The normalized spacial score (nSPS) is 14.7. The van der Waals surface area contributed by atoms with Crippen LogP contribution >= 0.6 is 0 Å². The average Bonchev–Trinajstić information content (AvgIpc) is 2.73. The van der Waals surface area contributed by atoms with E-state index in [1.165, 1.54) is 18.7 Å². The number of ether oxygens (including phenoxy) is 3. The summed E-state index contributed by atoms with van der Waals surface area (Å²) in [6.07, 6.45) is 3.86. The molecular weight excluding hydrogens is 198 g/mol. The molecule has 1 aromatic heterocycles. The molecule has 1 aliphatic heterocycles. The van der Waals surface area contributed by atoms with E-state index in [1.54, 1.807) is 19.1 Å². The second-order valence-corrected chi connectivity index (χ2v) is 3.12. The van der Waals surface area contributed by atoms with Crippen LogP contribution in [0, 0.1) is 12.1 Å². The average molecular weight is 209 g/mol. The summed E-state index contributed by atoms with van der Waals surface area (Å²) < 4.78 is 16.1. The number of hydrogen-bond acceptors (Lipinski definition) is 4. The van der Waals surface area contributed by atoms with E-state index in [-0.39, 0.29) is 6.61 Å². The molecule has 0 amide bonds. The van der Waals surface area contributed by atoms with Gasteiger partial charge in [0, 0.05) is 13.0 Å². The molecule has 0 fully saturated rings. The Kier molecular flexibility index (Phi) is 2.62. The first-order valence-electron chi connectivity index (χ1n) is 4.54. The summed E-state index contributed by atoms with van der Waals surface area (Å²) in [5, 5.41) is 11.2. The van der Waals surface area contributed by atoms with Gasteiger partial charge in [-0.2, -0.15) is 4.73 Å². The molecule has 0 radical (unpaired) electrons. The van der Waals surface area contributed by atoms with Crippen LogP contribution in [-0.4, -0.2) is 12.9 Å². The lowest BCUT2D eigenvalue weighted by atomic mass is 10.4. The van der Waals surface area contributed by atoms with Crippen molar-refractivity contribution < 1.29 is 18.9 Å². The first-order chi connectivity index (χ1) is 7.25. The highest BCUT2D eigenvalue weighted by Crippen LogP contribution is 2.11. The van der Waals surface area contributed by atoms with Crippen molar-refractivity contribution in [2.75, 3.05) is 6.61 Å². The molecule has 80 valence electrons. The minimum absolute atomic E-state index is 0.246. The third kappa shape index (κ3) is 2.31. The minimum atomic E-state index is -0.425. The lowest BCUT2D eigenvalue weighted by molar-refractivity contribution is -0.612. The number of hydrogen-bond donors (Lipinski definition) is 0. The van der Waals surface area contributed by atoms with E-state index in [0.29, 0.717) is 11.4 Å². The molecule has 0 aromatic carbocycles. The molecule has 1 aromatic rings. The maximum absolute atomic E-state index is 11.2. The Morgan fingerprint density at radius 1 is 1.40 bits per heavy atom. The van der Waals surface area contributed by atoms with Crippen LogP contribution in [0.4, 0.5) is 0 Å². The minimum Gasteiger partial charge on any atom is -0.618 e. The van der Waals surface area contributed by atoms with Crippen LogP contribution in [-0.2, 0) is 9.47 Å². The number of pyridine rings is 1. The third-order valence-electron chi connectivity index (χ3n) is 1.98. The zero-order valence-corrected chi connectivity index (χ0v) is 8.25. The predicted octanol–water partition coefficient (Wildman–Crippen LogP) is 0.851. The van der Waals surface area contributed by atoms with Gasteiger partial charge in [0.25, 0.3) is 6.29 Å². The van der Waals surface area contributed by atoms with Crippen molar-refractivity contribution in [1.82, 2.24) is 0 Å². The smallest absolute Gasteiger partial charge is 0.273 e. The van der Waals surface area contributed by atoms with Crippen LogP contribution in [0.5, 0.6) is 5.75 Å². The number of nitrogens with zero attached hydrogens (tertiary/aromatic N) is 1. The van der Waals surface area contributed by atoms with Gasteiger partial charge in [0.1, 0.15) is 12.5 Å². The molecule has 0 N–H and O–H groups in total. The van der Waals surface area contributed by atoms with Gasteiger partial charge >= 0.3 is 0 Å². The van der Waals surface area contributed by atoms with Crippen molar-refractivity contribution in [2.24, 2.45) is 0 Å². The standard InChI is InChI=1S/C10H11NO4/c1-8-2-3-9(6-11(8)12)15-7-10-13-4-5-14-10/h2-6,10H,7H2,1H3. The van der Waals surface area contributed by atoms with Crippen LogP contribution in [0.15, 0.2) is 30.9 Å². The van der Waals surface area contributed by atoms with E-state index in [0.717, 1.165) is 4.73 Å². The Labute approximate surface area is 87.1 Å². The van der Waals surface area contributed by atoms with Crippen LogP contribution in [0.25, 0.3) is 0 Å². The monoisotopic (exact) mass is 209 g/mol. The van der Waals surface area contributed by atoms with Gasteiger partial charge in [-0.15, -0.1) is 0 Å². The Morgan fingerprint density at radius 2 is 2.13 bits per heavy atom. The molecule has 5 nitrogen and oxygen atoms in total. The molecule has 15 heavy (non-hydrogen) atoms. The first kappa shape index (κ1) is 9.64. The number of aromatic nitrogens is 1. The van der Waals surface area contributed by atoms with Gasteiger partial charge < -0.3 is 19.4 Å². The van der Waals surface area contributed by atoms with Crippen molar-refractivity contribution in [2.45, 2.75) is 13.2 Å². The van der Waals surface area contributed by atoms with E-state index >= 15 is 0 Å². The summed E-state index contributed by atoms with van der Waals surface area (Å²) in [6, 6.07) is 3.42. The van der Waals surface area contributed by atoms with E-state index in [1.807, 2.05) is 0 Å². The molecule has 0 saturated carbocycles. The van der Waals surface area contributed by atoms with Gasteiger partial charge in [-0.05, 0) is 6.07 Å². The van der Waals surface area contributed by atoms with Crippen LogP contribution in [0.1, 0.15) is 5.69 Å². The highest BCUT2D eigenvalue weighted by atomic mass is 16.7. The summed E-state index contributed by atoms with van der Waals surface area (Å²) in [7, 11) is 0. The van der Waals surface area contributed by atoms with E-state index < -0.39 is 6.29 Å². The van der Waals surface area contributed by atoms with Crippen molar-refractivity contribution >= 4 is 0 Å². The summed E-state index contributed by atoms with van der Waals surface area (Å²) in [5.74, 6) is 0.495. The lowest BCUT2D eigenvalue weighted by Gasteiger charge is -2.11. The van der Waals surface area contributed by atoms with Gasteiger partial charge in [-0.25, -0.2) is 0 Å². The van der Waals surface area contributed by atoms with Crippen LogP contribution < -0.4 is 9.47 Å². The fraction of sp³-hybridized carbons (Fsp3) is 0.300. The fourth-order valence-electron chi connectivity index (χ4n) is 1.14. The molecule has 5 heteroatoms. The SMILES string of the molecule is Cc1ccc(OCC2OC=CO2)c[n+]1[O-]. The molecule has 0 bridgehead atoms. The van der Waals surface area contributed by atoms with Crippen molar-refractivity contribution in [3.63, 3.8) is 0 Å². The summed E-state index contributed by atoms with van der Waals surface area (Å²) in [5.41, 5.74) is 0.623. The molecule has 2 heterocycles. The quantitative estimate of drug-likeness (QED) is 0.547. The summed E-state index contributed by atoms with van der Waals surface area (Å²) in [6.45, 7) is 1.97. The Hall–Kier alpha value is -1.91. The van der Waals surface area contributed by atoms with Gasteiger partial charge in [0.05, 0.1) is 0 Å². The third-order valence-corrected chi connectivity index (χ3v) is 1.98. The Morgan fingerprint density at radius 3 is 2.80 bits per heavy atom. The van der Waals surface area contributed by atoms with E-state index in [2.05, 4.69) is 0 Å². The molecule has 0 aliphatic carbocycles. The maximum Gasteiger partial charge on any atom is 0.273 e. The van der Waals surface area contributed by atoms with Crippen molar-refractivity contribution in [3.8, 4) is 5.75 Å². The molecule has 1 aliphatic rings. The van der Waals surface area contributed by atoms with Crippen molar-refractivity contribution in [1.29, 1.82) is 0 Å². The molecule has 0 atom stereocenters. The molecule has 0 spiro atoms. The Bertz CT molecular complexity index is 370. The lowest BCUT2D eigenvalue weighted by Crippen LogP contribution is -2.29. The molecular formula is C10H11NO4. The molecule has 2 rings (SSSR count). The van der Waals surface area contributed by atoms with Gasteiger partial charge in [-0.1, -0.05) is 0 Å². The van der Waals surface area contributed by atoms with E-state index in [9.17, 15) is 5.21 Å². The second kappa shape index (κ2) is 4.08. The van der Waals surface area contributed by atoms with Gasteiger partial charge in [0.15, 0.2) is 18.1 Å². The first-order valence-corrected chi connectivity index (χ1v) is 4.54. The molecule has 0 unspecified atom stereocenters. The second-order valence-electron chi connectivity index (χ2n) is 3.12. The molecule has 0 saturated heterocycles. The number of aryl methyl sites for hydroxylation is 1. The topological polar surface area (TPSA) is 54.6 Å². The fourth-order valence-corrected chi connectivity index (χ4v) is 1.14. The highest BCUT2D eigenvalue weighted by molar-refractivity contribution is 5.15. The van der Waals surface area contributed by atoms with E-state index in [4.69, 9.17) is 14.2 Å². The maximum atomic E-state index is 11.2. The number of rotatable bonds is 3. The zero-order chi connectivity index (χ0) is 10.7. The summed E-state index contributed by atoms with van der Waals surface area (Å²) in [4.78, 5) is 0. The summed E-state index contributed by atoms with van der Waals surface area (Å²) >= 11 is 0. The highest BCUT2D eigenvalue weighted by Gasteiger charge is 2.13. The van der Waals surface area contributed by atoms with Gasteiger partial charge in [0.2, 0.25) is 6.20 Å². The van der Waals surface area contributed by atoms with Crippen LogP contribution in [0.3, 0.4) is 0 Å². The van der Waals surface area contributed by atoms with Gasteiger partial charge in [-0.3, -0.25) is 0 Å². The van der Waals surface area contributed by atoms with Crippen LogP contribution in [0.2, 0.25) is 0 Å². The van der Waals surface area contributed by atoms with Crippen molar-refractivity contribution in [3.05, 3.63) is 41.8 Å². The predicted molar refractivity (Wildman–Crippen MR) is 50.7 cm³/mol. The largest absolute Gasteiger partial charge is 0.618 e.